The molecule has 2 aromatic rings. The van der Waals surface area contributed by atoms with E-state index in [2.05, 4.69) is 0 Å². The minimum absolute atomic E-state index is 0.0971. The van der Waals surface area contributed by atoms with Crippen molar-refractivity contribution in [2.24, 2.45) is 0 Å². The van der Waals surface area contributed by atoms with E-state index in [-0.39, 0.29) is 17.8 Å². The number of hydrogen-bond donors (Lipinski definition) is 0. The lowest BCUT2D eigenvalue weighted by molar-refractivity contribution is -0.195. The second-order valence-electron chi connectivity index (χ2n) is 6.38. The molecule has 0 amide bonds. The van der Waals surface area contributed by atoms with Crippen LogP contribution in [0, 0.1) is 6.92 Å². The summed E-state index contributed by atoms with van der Waals surface area (Å²) in [5, 5.41) is 0. The standard InChI is InChI=1S/C20H24O5S/c1-16-10-12-18(13-11-16)26(21,22)24-15-19(17-7-3-2-4-8-17)25-20-9-5-6-14-23-20/h2-4,7-8,10-13,19-20H,5-6,9,14-15H2,1H3/t19-,20?/m0/s1. The second kappa shape index (κ2) is 8.77. The zero-order valence-electron chi connectivity index (χ0n) is 14.8. The van der Waals surface area contributed by atoms with Crippen LogP contribution in [0.1, 0.15) is 36.5 Å². The molecule has 0 radical (unpaired) electrons. The van der Waals surface area contributed by atoms with Gasteiger partial charge in [-0.15, -0.1) is 0 Å². The first kappa shape index (κ1) is 19.0. The fourth-order valence-corrected chi connectivity index (χ4v) is 3.72. The van der Waals surface area contributed by atoms with Crippen molar-refractivity contribution in [3.05, 3.63) is 65.7 Å². The molecule has 6 heteroatoms. The number of rotatable bonds is 7. The van der Waals surface area contributed by atoms with Crippen LogP contribution >= 0.6 is 0 Å². The van der Waals surface area contributed by atoms with Gasteiger partial charge in [0.1, 0.15) is 6.10 Å². The van der Waals surface area contributed by atoms with Gasteiger partial charge >= 0.3 is 0 Å². The van der Waals surface area contributed by atoms with Gasteiger partial charge in [-0.1, -0.05) is 48.0 Å². The highest BCUT2D eigenvalue weighted by Crippen LogP contribution is 2.26. The minimum Gasteiger partial charge on any atom is -0.353 e. The van der Waals surface area contributed by atoms with Crippen molar-refractivity contribution in [1.29, 1.82) is 0 Å². The molecule has 26 heavy (non-hydrogen) atoms. The molecule has 1 unspecified atom stereocenters. The summed E-state index contributed by atoms with van der Waals surface area (Å²) < 4.78 is 41.9. The van der Waals surface area contributed by atoms with Crippen molar-refractivity contribution in [3.63, 3.8) is 0 Å². The van der Waals surface area contributed by atoms with Crippen LogP contribution < -0.4 is 0 Å². The molecular weight excluding hydrogens is 352 g/mol. The van der Waals surface area contributed by atoms with Crippen LogP contribution in [0.25, 0.3) is 0 Å². The molecule has 5 nitrogen and oxygen atoms in total. The zero-order chi connectivity index (χ0) is 18.4. The van der Waals surface area contributed by atoms with Crippen LogP contribution in [-0.2, 0) is 23.8 Å². The Morgan fingerprint density at radius 2 is 1.81 bits per heavy atom. The summed E-state index contributed by atoms with van der Waals surface area (Å²) in [6.07, 6.45) is 2.01. The van der Waals surface area contributed by atoms with Crippen molar-refractivity contribution in [2.45, 2.75) is 43.5 Å². The normalized spacial score (nSPS) is 19.2. The fraction of sp³-hybridized carbons (Fsp3) is 0.400. The van der Waals surface area contributed by atoms with Gasteiger partial charge in [-0.3, -0.25) is 4.18 Å². The zero-order valence-corrected chi connectivity index (χ0v) is 15.7. The number of ether oxygens (including phenoxy) is 2. The Labute approximate surface area is 155 Å². The van der Waals surface area contributed by atoms with Crippen molar-refractivity contribution in [3.8, 4) is 0 Å². The maximum atomic E-state index is 12.5. The van der Waals surface area contributed by atoms with Gasteiger partial charge in [0.05, 0.1) is 11.5 Å². The van der Waals surface area contributed by atoms with E-state index in [1.807, 2.05) is 37.3 Å². The Kier molecular flexibility index (Phi) is 6.43. The molecule has 3 rings (SSSR count). The molecule has 0 aromatic heterocycles. The number of benzene rings is 2. The Hall–Kier alpha value is -1.73. The maximum Gasteiger partial charge on any atom is 0.297 e. The van der Waals surface area contributed by atoms with Crippen LogP contribution in [0.15, 0.2) is 59.5 Å². The summed E-state index contributed by atoms with van der Waals surface area (Å²) >= 11 is 0. The van der Waals surface area contributed by atoms with Crippen LogP contribution in [0.2, 0.25) is 0 Å². The highest BCUT2D eigenvalue weighted by Gasteiger charge is 2.24. The Morgan fingerprint density at radius 3 is 2.46 bits per heavy atom. The first-order chi connectivity index (χ1) is 12.5. The molecular formula is C20H24O5S. The summed E-state index contributed by atoms with van der Waals surface area (Å²) in [6.45, 7) is 2.47. The summed E-state index contributed by atoms with van der Waals surface area (Å²) in [4.78, 5) is 0.142. The van der Waals surface area contributed by atoms with E-state index >= 15 is 0 Å². The highest BCUT2D eigenvalue weighted by atomic mass is 32.2. The van der Waals surface area contributed by atoms with Gasteiger partial charge in [0.2, 0.25) is 0 Å². The van der Waals surface area contributed by atoms with E-state index in [4.69, 9.17) is 13.7 Å². The quantitative estimate of drug-likeness (QED) is 0.684. The summed E-state index contributed by atoms with van der Waals surface area (Å²) in [6, 6.07) is 16.1. The van der Waals surface area contributed by atoms with Crippen molar-refractivity contribution >= 4 is 10.1 Å². The summed E-state index contributed by atoms with van der Waals surface area (Å²) in [5.74, 6) is 0. The molecule has 0 aliphatic carbocycles. The van der Waals surface area contributed by atoms with Gasteiger partial charge in [-0.25, -0.2) is 0 Å². The largest absolute Gasteiger partial charge is 0.353 e. The third kappa shape index (κ3) is 5.14. The van der Waals surface area contributed by atoms with E-state index < -0.39 is 16.2 Å². The lowest BCUT2D eigenvalue weighted by Gasteiger charge is -2.27. The lowest BCUT2D eigenvalue weighted by Crippen LogP contribution is -2.27. The van der Waals surface area contributed by atoms with Crippen LogP contribution in [0.4, 0.5) is 0 Å². The predicted octanol–water partition coefficient (Wildman–Crippen LogP) is 3.98. The summed E-state index contributed by atoms with van der Waals surface area (Å²) in [5.41, 5.74) is 1.85. The van der Waals surface area contributed by atoms with Gasteiger partial charge in [-0.05, 0) is 43.9 Å². The Balaban J connectivity index is 1.71. The average molecular weight is 376 g/mol. The summed E-state index contributed by atoms with van der Waals surface area (Å²) in [7, 11) is -3.84. The Morgan fingerprint density at radius 1 is 1.08 bits per heavy atom. The first-order valence-corrected chi connectivity index (χ1v) is 10.2. The topological polar surface area (TPSA) is 61.8 Å². The average Bonchev–Trinajstić information content (AvgIpc) is 2.67. The number of aryl methyl sites for hydroxylation is 1. The van der Waals surface area contributed by atoms with Crippen molar-refractivity contribution in [2.75, 3.05) is 13.2 Å². The predicted molar refractivity (Wildman–Crippen MR) is 98.2 cm³/mol. The molecule has 0 bridgehead atoms. The molecule has 2 aromatic carbocycles. The molecule has 0 N–H and O–H groups in total. The van der Waals surface area contributed by atoms with E-state index in [0.29, 0.717) is 6.61 Å². The molecule has 1 fully saturated rings. The van der Waals surface area contributed by atoms with Crippen molar-refractivity contribution < 1.29 is 22.1 Å². The smallest absolute Gasteiger partial charge is 0.297 e. The number of hydrogen-bond acceptors (Lipinski definition) is 5. The van der Waals surface area contributed by atoms with Crippen LogP contribution in [-0.4, -0.2) is 27.9 Å². The van der Waals surface area contributed by atoms with Gasteiger partial charge in [0.25, 0.3) is 10.1 Å². The SMILES string of the molecule is Cc1ccc(S(=O)(=O)OC[C@H](OC2CCCCO2)c2ccccc2)cc1. The Bertz CT molecular complexity index is 781. The molecule has 1 aliphatic heterocycles. The molecule has 140 valence electrons. The third-order valence-corrected chi connectivity index (χ3v) is 5.61. The van der Waals surface area contributed by atoms with Crippen LogP contribution in [0.3, 0.4) is 0 Å². The maximum absolute atomic E-state index is 12.5. The molecule has 1 heterocycles. The van der Waals surface area contributed by atoms with Gasteiger partial charge < -0.3 is 9.47 Å². The molecule has 1 aliphatic rings. The van der Waals surface area contributed by atoms with E-state index in [9.17, 15) is 8.42 Å². The third-order valence-electron chi connectivity index (χ3n) is 4.31. The molecule has 0 saturated carbocycles. The van der Waals surface area contributed by atoms with E-state index in [1.54, 1.807) is 24.3 Å². The second-order valence-corrected chi connectivity index (χ2v) is 8.00. The first-order valence-electron chi connectivity index (χ1n) is 8.83. The highest BCUT2D eigenvalue weighted by molar-refractivity contribution is 7.86. The van der Waals surface area contributed by atoms with Gasteiger partial charge in [0.15, 0.2) is 6.29 Å². The van der Waals surface area contributed by atoms with Crippen molar-refractivity contribution in [1.82, 2.24) is 0 Å². The molecule has 0 spiro atoms. The van der Waals surface area contributed by atoms with Crippen LogP contribution in [0.5, 0.6) is 0 Å². The van der Waals surface area contributed by atoms with E-state index in [1.165, 1.54) is 0 Å². The minimum atomic E-state index is -3.84. The van der Waals surface area contributed by atoms with E-state index in [0.717, 1.165) is 30.4 Å². The lowest BCUT2D eigenvalue weighted by atomic mass is 10.1. The van der Waals surface area contributed by atoms with Gasteiger partial charge in [-0.2, -0.15) is 8.42 Å². The molecule has 2 atom stereocenters. The fourth-order valence-electron chi connectivity index (χ4n) is 2.81. The van der Waals surface area contributed by atoms with Gasteiger partial charge in [0, 0.05) is 6.61 Å². The molecule has 1 saturated heterocycles. The monoisotopic (exact) mass is 376 g/mol.